The molecule has 0 bridgehead atoms. The molecule has 1 aromatic heterocycles. The lowest BCUT2D eigenvalue weighted by Gasteiger charge is -2.14. The van der Waals surface area contributed by atoms with Gasteiger partial charge in [0.05, 0.1) is 13.2 Å². The van der Waals surface area contributed by atoms with Crippen molar-refractivity contribution in [2.24, 2.45) is 0 Å². The van der Waals surface area contributed by atoms with Gasteiger partial charge in [0, 0.05) is 12.4 Å². The van der Waals surface area contributed by atoms with Gasteiger partial charge in [-0.05, 0) is 19.9 Å². The predicted octanol–water partition coefficient (Wildman–Crippen LogP) is 1.55. The van der Waals surface area contributed by atoms with E-state index in [0.29, 0.717) is 5.88 Å². The Bertz CT molecular complexity index is 278. The van der Waals surface area contributed by atoms with E-state index in [1.54, 1.807) is 19.5 Å². The number of nitrogens with zero attached hydrogens (tertiary/aromatic N) is 2. The summed E-state index contributed by atoms with van der Waals surface area (Å²) < 4.78 is 5.13. The molecule has 0 saturated carbocycles. The van der Waals surface area contributed by atoms with Gasteiger partial charge in [-0.25, -0.2) is 4.98 Å². The SMILES string of the molecule is CCCNC(C)c1nccnc1OC. The lowest BCUT2D eigenvalue weighted by atomic mass is 10.2. The first-order chi connectivity index (χ1) is 6.79. The average molecular weight is 195 g/mol. The van der Waals surface area contributed by atoms with Crippen LogP contribution in [0.5, 0.6) is 5.88 Å². The first kappa shape index (κ1) is 10.9. The molecule has 1 rings (SSSR count). The molecule has 14 heavy (non-hydrogen) atoms. The van der Waals surface area contributed by atoms with Crippen molar-refractivity contribution >= 4 is 0 Å². The third kappa shape index (κ3) is 2.67. The highest BCUT2D eigenvalue weighted by molar-refractivity contribution is 5.20. The van der Waals surface area contributed by atoms with Crippen LogP contribution in [0.15, 0.2) is 12.4 Å². The Morgan fingerprint density at radius 2 is 2.14 bits per heavy atom. The van der Waals surface area contributed by atoms with Crippen LogP contribution in [0.4, 0.5) is 0 Å². The van der Waals surface area contributed by atoms with Crippen LogP contribution in [0.25, 0.3) is 0 Å². The minimum absolute atomic E-state index is 0.179. The lowest BCUT2D eigenvalue weighted by Crippen LogP contribution is -2.21. The Labute approximate surface area is 84.7 Å². The Morgan fingerprint density at radius 3 is 2.79 bits per heavy atom. The van der Waals surface area contributed by atoms with Gasteiger partial charge in [-0.1, -0.05) is 6.92 Å². The van der Waals surface area contributed by atoms with Crippen molar-refractivity contribution in [1.29, 1.82) is 0 Å². The second kappa shape index (κ2) is 5.54. The van der Waals surface area contributed by atoms with Crippen LogP contribution in [0, 0.1) is 0 Å². The fourth-order valence-electron chi connectivity index (χ4n) is 1.25. The highest BCUT2D eigenvalue weighted by Gasteiger charge is 2.12. The molecule has 1 unspecified atom stereocenters. The highest BCUT2D eigenvalue weighted by Crippen LogP contribution is 2.18. The second-order valence-corrected chi connectivity index (χ2v) is 3.13. The van der Waals surface area contributed by atoms with E-state index < -0.39 is 0 Å². The predicted molar refractivity (Wildman–Crippen MR) is 55.3 cm³/mol. The molecule has 0 aliphatic rings. The van der Waals surface area contributed by atoms with Crippen molar-refractivity contribution in [1.82, 2.24) is 15.3 Å². The summed E-state index contributed by atoms with van der Waals surface area (Å²) in [6.45, 7) is 5.16. The zero-order chi connectivity index (χ0) is 10.4. The van der Waals surface area contributed by atoms with Gasteiger partial charge in [0.25, 0.3) is 0 Å². The van der Waals surface area contributed by atoms with E-state index in [2.05, 4.69) is 29.1 Å². The maximum Gasteiger partial charge on any atom is 0.236 e. The topological polar surface area (TPSA) is 47.0 Å². The molecule has 1 atom stereocenters. The normalized spacial score (nSPS) is 12.5. The average Bonchev–Trinajstić information content (AvgIpc) is 2.25. The second-order valence-electron chi connectivity index (χ2n) is 3.13. The maximum atomic E-state index is 5.13. The number of aromatic nitrogens is 2. The van der Waals surface area contributed by atoms with Gasteiger partial charge in [0.15, 0.2) is 0 Å². The summed E-state index contributed by atoms with van der Waals surface area (Å²) in [5, 5.41) is 3.34. The minimum atomic E-state index is 0.179. The summed E-state index contributed by atoms with van der Waals surface area (Å²) in [7, 11) is 1.61. The summed E-state index contributed by atoms with van der Waals surface area (Å²) in [4.78, 5) is 8.35. The van der Waals surface area contributed by atoms with Crippen LogP contribution in [-0.4, -0.2) is 23.6 Å². The van der Waals surface area contributed by atoms with Gasteiger partial charge in [-0.15, -0.1) is 0 Å². The molecule has 0 aliphatic carbocycles. The molecule has 0 radical (unpaired) electrons. The minimum Gasteiger partial charge on any atom is -0.480 e. The van der Waals surface area contributed by atoms with Crippen LogP contribution in [0.1, 0.15) is 32.0 Å². The zero-order valence-electron chi connectivity index (χ0n) is 8.95. The molecule has 0 saturated heterocycles. The van der Waals surface area contributed by atoms with E-state index in [1.165, 1.54) is 0 Å². The number of rotatable bonds is 5. The number of hydrogen-bond acceptors (Lipinski definition) is 4. The largest absolute Gasteiger partial charge is 0.480 e. The van der Waals surface area contributed by atoms with Gasteiger partial charge in [0.1, 0.15) is 5.69 Å². The standard InChI is InChI=1S/C10H17N3O/c1-4-5-11-8(2)9-10(14-3)13-7-6-12-9/h6-8,11H,4-5H2,1-3H3. The number of hydrogen-bond donors (Lipinski definition) is 1. The van der Waals surface area contributed by atoms with E-state index in [1.807, 2.05) is 0 Å². The van der Waals surface area contributed by atoms with Gasteiger partial charge < -0.3 is 10.1 Å². The van der Waals surface area contributed by atoms with E-state index in [-0.39, 0.29) is 6.04 Å². The number of methoxy groups -OCH3 is 1. The molecule has 78 valence electrons. The van der Waals surface area contributed by atoms with Gasteiger partial charge in [-0.2, -0.15) is 0 Å². The summed E-state index contributed by atoms with van der Waals surface area (Å²) in [6, 6.07) is 0.179. The van der Waals surface area contributed by atoms with Crippen molar-refractivity contribution in [3.63, 3.8) is 0 Å². The van der Waals surface area contributed by atoms with Crippen LogP contribution < -0.4 is 10.1 Å². The van der Waals surface area contributed by atoms with Crippen molar-refractivity contribution < 1.29 is 4.74 Å². The molecular weight excluding hydrogens is 178 g/mol. The highest BCUT2D eigenvalue weighted by atomic mass is 16.5. The molecule has 4 heteroatoms. The van der Waals surface area contributed by atoms with Gasteiger partial charge in [-0.3, -0.25) is 4.98 Å². The Kier molecular flexibility index (Phi) is 4.32. The summed E-state index contributed by atoms with van der Waals surface area (Å²) in [6.07, 6.45) is 4.42. The molecular formula is C10H17N3O. The third-order valence-electron chi connectivity index (χ3n) is 2.00. The molecule has 1 aromatic rings. The van der Waals surface area contributed by atoms with E-state index >= 15 is 0 Å². The van der Waals surface area contributed by atoms with Crippen molar-refractivity contribution in [2.45, 2.75) is 26.3 Å². The van der Waals surface area contributed by atoms with Crippen molar-refractivity contribution in [2.75, 3.05) is 13.7 Å². The molecule has 0 aromatic carbocycles. The molecule has 0 spiro atoms. The quantitative estimate of drug-likeness (QED) is 0.774. The van der Waals surface area contributed by atoms with Crippen LogP contribution >= 0.6 is 0 Å². The molecule has 0 fully saturated rings. The summed E-state index contributed by atoms with van der Waals surface area (Å²) in [5.74, 6) is 0.601. The fourth-order valence-corrected chi connectivity index (χ4v) is 1.25. The van der Waals surface area contributed by atoms with Crippen molar-refractivity contribution in [3.8, 4) is 5.88 Å². The van der Waals surface area contributed by atoms with Gasteiger partial charge >= 0.3 is 0 Å². The number of nitrogens with one attached hydrogen (secondary N) is 1. The Hall–Kier alpha value is -1.16. The first-order valence-corrected chi connectivity index (χ1v) is 4.87. The van der Waals surface area contributed by atoms with Crippen LogP contribution in [0.2, 0.25) is 0 Å². The molecule has 4 nitrogen and oxygen atoms in total. The van der Waals surface area contributed by atoms with Crippen molar-refractivity contribution in [3.05, 3.63) is 18.1 Å². The number of ether oxygens (including phenoxy) is 1. The third-order valence-corrected chi connectivity index (χ3v) is 2.00. The van der Waals surface area contributed by atoms with Crippen LogP contribution in [-0.2, 0) is 0 Å². The van der Waals surface area contributed by atoms with E-state index in [4.69, 9.17) is 4.74 Å². The Balaban J connectivity index is 2.72. The first-order valence-electron chi connectivity index (χ1n) is 4.87. The smallest absolute Gasteiger partial charge is 0.236 e. The van der Waals surface area contributed by atoms with Gasteiger partial charge in [0.2, 0.25) is 5.88 Å². The summed E-state index contributed by atoms with van der Waals surface area (Å²) in [5.41, 5.74) is 0.864. The molecule has 0 aliphatic heterocycles. The van der Waals surface area contributed by atoms with Crippen LogP contribution in [0.3, 0.4) is 0 Å². The summed E-state index contributed by atoms with van der Waals surface area (Å²) >= 11 is 0. The molecule has 0 amide bonds. The molecule has 1 heterocycles. The zero-order valence-corrected chi connectivity index (χ0v) is 8.95. The Morgan fingerprint density at radius 1 is 1.43 bits per heavy atom. The van der Waals surface area contributed by atoms with E-state index in [9.17, 15) is 0 Å². The monoisotopic (exact) mass is 195 g/mol. The fraction of sp³-hybridized carbons (Fsp3) is 0.600. The maximum absolute atomic E-state index is 5.13. The van der Waals surface area contributed by atoms with E-state index in [0.717, 1.165) is 18.7 Å². The molecule has 1 N–H and O–H groups in total. The lowest BCUT2D eigenvalue weighted by molar-refractivity contribution is 0.380.